The van der Waals surface area contributed by atoms with Gasteiger partial charge in [0.25, 0.3) is 0 Å². The number of rotatable bonds is 6. The van der Waals surface area contributed by atoms with E-state index < -0.39 is 12.0 Å². The Balaban J connectivity index is 2.59. The first-order chi connectivity index (χ1) is 8.95. The average Bonchev–Trinajstić information content (AvgIpc) is 2.43. The Labute approximate surface area is 112 Å². The van der Waals surface area contributed by atoms with Gasteiger partial charge in [-0.2, -0.15) is 0 Å². The van der Waals surface area contributed by atoms with Crippen molar-refractivity contribution < 1.29 is 14.7 Å². The van der Waals surface area contributed by atoms with E-state index in [9.17, 15) is 9.59 Å². The Morgan fingerprint density at radius 1 is 1.42 bits per heavy atom. The van der Waals surface area contributed by atoms with Crippen LogP contribution in [0.2, 0.25) is 0 Å². The predicted octanol–water partition coefficient (Wildman–Crippen LogP) is 1.37. The average molecular weight is 264 g/mol. The maximum atomic E-state index is 11.8. The van der Waals surface area contributed by atoms with Gasteiger partial charge in [-0.15, -0.1) is 0 Å². The summed E-state index contributed by atoms with van der Waals surface area (Å²) in [6.07, 6.45) is 0.836. The molecular weight excluding hydrogens is 244 g/mol. The second-order valence-corrected chi connectivity index (χ2v) is 4.63. The van der Waals surface area contributed by atoms with Crippen LogP contribution in [0.5, 0.6) is 0 Å². The number of hydrogen-bond donors (Lipinski definition) is 3. The van der Waals surface area contributed by atoms with Gasteiger partial charge in [-0.1, -0.05) is 32.4 Å². The highest BCUT2D eigenvalue weighted by Crippen LogP contribution is 2.07. The number of amides is 1. The highest BCUT2D eigenvalue weighted by Gasteiger charge is 2.18. The first-order valence-corrected chi connectivity index (χ1v) is 6.31. The van der Waals surface area contributed by atoms with Crippen LogP contribution >= 0.6 is 0 Å². The molecule has 0 spiro atoms. The molecule has 5 nitrogen and oxygen atoms in total. The molecule has 2 unspecified atom stereocenters. The number of hydrogen-bond acceptors (Lipinski definition) is 3. The van der Waals surface area contributed by atoms with Crippen LogP contribution in [0, 0.1) is 5.92 Å². The fourth-order valence-corrected chi connectivity index (χ4v) is 1.63. The molecule has 0 bridgehead atoms. The second kappa shape index (κ2) is 6.89. The summed E-state index contributed by atoms with van der Waals surface area (Å²) in [6, 6.07) is 5.93. The monoisotopic (exact) mass is 264 g/mol. The van der Waals surface area contributed by atoms with Crippen molar-refractivity contribution in [1.29, 1.82) is 0 Å². The Bertz CT molecular complexity index is 460. The number of carbonyl (C=O) groups is 2. The molecule has 0 radical (unpaired) electrons. The molecule has 4 N–H and O–H groups in total. The van der Waals surface area contributed by atoms with Gasteiger partial charge in [0.2, 0.25) is 5.91 Å². The summed E-state index contributed by atoms with van der Waals surface area (Å²) in [5.74, 6) is -1.08. The molecule has 0 aliphatic rings. The van der Waals surface area contributed by atoms with E-state index in [-0.39, 0.29) is 23.9 Å². The van der Waals surface area contributed by atoms with Crippen LogP contribution in [0.4, 0.5) is 0 Å². The highest BCUT2D eigenvalue weighted by molar-refractivity contribution is 5.87. The van der Waals surface area contributed by atoms with Crippen molar-refractivity contribution in [3.05, 3.63) is 35.4 Å². The minimum atomic E-state index is -0.982. The minimum absolute atomic E-state index is 0.116. The van der Waals surface area contributed by atoms with Crippen LogP contribution in [-0.4, -0.2) is 23.0 Å². The molecule has 0 saturated carbocycles. The lowest BCUT2D eigenvalue weighted by atomic mass is 9.99. The zero-order valence-corrected chi connectivity index (χ0v) is 11.2. The molecule has 2 atom stereocenters. The topological polar surface area (TPSA) is 92.4 Å². The summed E-state index contributed by atoms with van der Waals surface area (Å²) in [7, 11) is 0. The quantitative estimate of drug-likeness (QED) is 0.723. The molecule has 104 valence electrons. The largest absolute Gasteiger partial charge is 0.478 e. The molecule has 0 aromatic heterocycles. The number of carboxylic acids is 1. The molecule has 0 fully saturated rings. The number of carbonyl (C=O) groups excluding carboxylic acids is 1. The Morgan fingerprint density at radius 3 is 2.68 bits per heavy atom. The molecule has 0 aliphatic heterocycles. The number of nitrogens with two attached hydrogens (primary N) is 1. The lowest BCUT2D eigenvalue weighted by molar-refractivity contribution is -0.123. The number of carboxylic acid groups (broad SMARTS) is 1. The van der Waals surface area contributed by atoms with Crippen LogP contribution in [-0.2, 0) is 11.3 Å². The SMILES string of the molecule is CCC(C)C(N)C(=O)NCc1cccc(C(=O)O)c1. The second-order valence-electron chi connectivity index (χ2n) is 4.63. The summed E-state index contributed by atoms with van der Waals surface area (Å²) in [5.41, 5.74) is 6.75. The van der Waals surface area contributed by atoms with Gasteiger partial charge in [-0.05, 0) is 23.6 Å². The summed E-state index contributed by atoms with van der Waals surface area (Å²) in [6.45, 7) is 4.19. The third-order valence-electron chi connectivity index (χ3n) is 3.20. The van der Waals surface area contributed by atoms with E-state index in [0.717, 1.165) is 12.0 Å². The van der Waals surface area contributed by atoms with Gasteiger partial charge >= 0.3 is 5.97 Å². The molecule has 1 rings (SSSR count). The first-order valence-electron chi connectivity index (χ1n) is 6.31. The zero-order valence-electron chi connectivity index (χ0n) is 11.2. The van der Waals surface area contributed by atoms with Crippen LogP contribution in [0.3, 0.4) is 0 Å². The summed E-state index contributed by atoms with van der Waals surface area (Å²) < 4.78 is 0. The fraction of sp³-hybridized carbons (Fsp3) is 0.429. The standard InChI is InChI=1S/C14H20N2O3/c1-3-9(2)12(15)13(17)16-8-10-5-4-6-11(7-10)14(18)19/h4-7,9,12H,3,8,15H2,1-2H3,(H,16,17)(H,18,19). The van der Waals surface area contributed by atoms with E-state index >= 15 is 0 Å². The third-order valence-corrected chi connectivity index (χ3v) is 3.20. The zero-order chi connectivity index (χ0) is 14.4. The van der Waals surface area contributed by atoms with E-state index in [1.165, 1.54) is 12.1 Å². The summed E-state index contributed by atoms with van der Waals surface area (Å²) in [4.78, 5) is 22.6. The van der Waals surface area contributed by atoms with Crippen molar-refractivity contribution in [3.63, 3.8) is 0 Å². The van der Waals surface area contributed by atoms with Crippen molar-refractivity contribution >= 4 is 11.9 Å². The molecule has 5 heteroatoms. The van der Waals surface area contributed by atoms with Gasteiger partial charge < -0.3 is 16.2 Å². The Morgan fingerprint density at radius 2 is 2.11 bits per heavy atom. The van der Waals surface area contributed by atoms with Gasteiger partial charge in [0.05, 0.1) is 11.6 Å². The summed E-state index contributed by atoms with van der Waals surface area (Å²) in [5, 5.41) is 11.6. The minimum Gasteiger partial charge on any atom is -0.478 e. The molecule has 0 heterocycles. The summed E-state index contributed by atoms with van der Waals surface area (Å²) >= 11 is 0. The van der Waals surface area contributed by atoms with Crippen LogP contribution in [0.25, 0.3) is 0 Å². The fourth-order valence-electron chi connectivity index (χ4n) is 1.63. The smallest absolute Gasteiger partial charge is 0.335 e. The molecule has 19 heavy (non-hydrogen) atoms. The van der Waals surface area contributed by atoms with E-state index in [0.29, 0.717) is 0 Å². The maximum Gasteiger partial charge on any atom is 0.335 e. The number of benzene rings is 1. The van der Waals surface area contributed by atoms with Crippen molar-refractivity contribution in [2.75, 3.05) is 0 Å². The maximum absolute atomic E-state index is 11.8. The molecule has 1 aromatic carbocycles. The van der Waals surface area contributed by atoms with Crippen molar-refractivity contribution in [3.8, 4) is 0 Å². The van der Waals surface area contributed by atoms with Crippen LogP contribution < -0.4 is 11.1 Å². The normalized spacial score (nSPS) is 13.6. The molecule has 0 aliphatic carbocycles. The third kappa shape index (κ3) is 4.37. The van der Waals surface area contributed by atoms with Crippen molar-refractivity contribution in [1.82, 2.24) is 5.32 Å². The molecule has 0 saturated heterocycles. The van der Waals surface area contributed by atoms with Gasteiger partial charge in [0, 0.05) is 6.54 Å². The lowest BCUT2D eigenvalue weighted by Crippen LogP contribution is -2.44. The van der Waals surface area contributed by atoms with Gasteiger partial charge in [-0.25, -0.2) is 4.79 Å². The Kier molecular flexibility index (Phi) is 5.51. The number of nitrogens with one attached hydrogen (secondary N) is 1. The highest BCUT2D eigenvalue weighted by atomic mass is 16.4. The van der Waals surface area contributed by atoms with Gasteiger partial charge in [0.15, 0.2) is 0 Å². The van der Waals surface area contributed by atoms with Gasteiger partial charge in [-0.3, -0.25) is 4.79 Å². The van der Waals surface area contributed by atoms with Gasteiger partial charge in [0.1, 0.15) is 0 Å². The Hall–Kier alpha value is -1.88. The van der Waals surface area contributed by atoms with E-state index in [4.69, 9.17) is 10.8 Å². The van der Waals surface area contributed by atoms with Crippen LogP contribution in [0.1, 0.15) is 36.2 Å². The van der Waals surface area contributed by atoms with E-state index in [1.807, 2.05) is 13.8 Å². The molecule has 1 amide bonds. The van der Waals surface area contributed by atoms with E-state index in [2.05, 4.69) is 5.32 Å². The first kappa shape index (κ1) is 15.2. The van der Waals surface area contributed by atoms with Crippen LogP contribution in [0.15, 0.2) is 24.3 Å². The number of aromatic carboxylic acids is 1. The van der Waals surface area contributed by atoms with E-state index in [1.54, 1.807) is 12.1 Å². The van der Waals surface area contributed by atoms with Crippen molar-refractivity contribution in [2.24, 2.45) is 11.7 Å². The predicted molar refractivity (Wildman–Crippen MR) is 72.7 cm³/mol. The lowest BCUT2D eigenvalue weighted by Gasteiger charge is -2.17. The molecular formula is C14H20N2O3. The molecule has 1 aromatic rings. The van der Waals surface area contributed by atoms with Crippen molar-refractivity contribution in [2.45, 2.75) is 32.9 Å².